The normalized spacial score (nSPS) is 25.6. The zero-order valence-corrected chi connectivity index (χ0v) is 26.9. The van der Waals surface area contributed by atoms with Gasteiger partial charge in [-0.1, -0.05) is 41.5 Å². The molecule has 0 saturated carbocycles. The summed E-state index contributed by atoms with van der Waals surface area (Å²) >= 11 is 0. The summed E-state index contributed by atoms with van der Waals surface area (Å²) in [5.41, 5.74) is -0.618. The van der Waals surface area contributed by atoms with Gasteiger partial charge in [-0.25, -0.2) is 0 Å². The second-order valence-electron chi connectivity index (χ2n) is 14.1. The van der Waals surface area contributed by atoms with E-state index in [0.717, 1.165) is 0 Å². The second kappa shape index (κ2) is 11.6. The van der Waals surface area contributed by atoms with Crippen molar-refractivity contribution in [2.45, 2.75) is 136 Å². The second-order valence-corrected chi connectivity index (χ2v) is 23.6. The Balaban J connectivity index is 3.05. The van der Waals surface area contributed by atoms with Crippen LogP contribution in [0, 0.1) is 5.41 Å². The van der Waals surface area contributed by atoms with E-state index in [1.807, 2.05) is 0 Å². The molecule has 0 unspecified atom stereocenters. The van der Waals surface area contributed by atoms with Gasteiger partial charge in [-0.3, -0.25) is 4.79 Å². The number of methoxy groups -OCH3 is 1. The molecule has 1 N–H and O–H groups in total. The molecule has 208 valence electrons. The maximum Gasteiger partial charge on any atom is 0.311 e. The molecule has 0 aliphatic carbocycles. The molecule has 0 bridgehead atoms. The fourth-order valence-electron chi connectivity index (χ4n) is 3.33. The third-order valence-electron chi connectivity index (χ3n) is 7.90. The fraction of sp³-hybridized carbons (Fsp3) is 0.962. The van der Waals surface area contributed by atoms with Crippen LogP contribution in [0.5, 0.6) is 0 Å². The standard InChI is InChI=1S/C26H54O7Si2/c1-24(2,3)23(28)30-17-20-21(27)22(29-10)19(32-20)15-18(33-35(13,14)26(7,8)9)16-31-34(11,12)25(4,5)6/h18-22,27H,15-17H2,1-14H3/t18-,19+,20-,21-,22-/m0/s1. The van der Waals surface area contributed by atoms with Gasteiger partial charge in [0.15, 0.2) is 16.6 Å². The number of rotatable bonds is 10. The van der Waals surface area contributed by atoms with Gasteiger partial charge >= 0.3 is 5.97 Å². The average molecular weight is 535 g/mol. The van der Waals surface area contributed by atoms with E-state index in [1.165, 1.54) is 0 Å². The average Bonchev–Trinajstić information content (AvgIpc) is 2.95. The van der Waals surface area contributed by atoms with Crippen molar-refractivity contribution >= 4 is 22.6 Å². The molecule has 0 aromatic carbocycles. The molecule has 9 heteroatoms. The van der Waals surface area contributed by atoms with E-state index >= 15 is 0 Å². The Labute approximate surface area is 216 Å². The Kier molecular flexibility index (Phi) is 10.9. The molecular weight excluding hydrogens is 480 g/mol. The number of carbonyl (C=O) groups is 1. The minimum absolute atomic E-state index is 0.0120. The summed E-state index contributed by atoms with van der Waals surface area (Å²) in [6.07, 6.45) is -2.15. The summed E-state index contributed by atoms with van der Waals surface area (Å²) in [7, 11) is -2.50. The maximum absolute atomic E-state index is 12.2. The molecule has 1 fully saturated rings. The lowest BCUT2D eigenvalue weighted by Crippen LogP contribution is -2.49. The van der Waals surface area contributed by atoms with Gasteiger partial charge in [0.05, 0.1) is 24.2 Å². The lowest BCUT2D eigenvalue weighted by molar-refractivity contribution is -0.158. The Bertz CT molecular complexity index is 689. The zero-order chi connectivity index (χ0) is 27.6. The molecule has 7 nitrogen and oxygen atoms in total. The first-order chi connectivity index (χ1) is 15.5. The predicted octanol–water partition coefficient (Wildman–Crippen LogP) is 5.52. The SMILES string of the molecule is CO[C@@H]1[C@@H](O)[C@H](COC(=O)C(C)(C)C)O[C@@H]1C[C@@H](CO[Si](C)(C)C(C)(C)C)O[Si](C)(C)C(C)(C)C. The van der Waals surface area contributed by atoms with Crippen LogP contribution in [0.4, 0.5) is 0 Å². The van der Waals surface area contributed by atoms with E-state index in [-0.39, 0.29) is 28.8 Å². The van der Waals surface area contributed by atoms with E-state index in [0.29, 0.717) is 13.0 Å². The first kappa shape index (κ1) is 32.7. The molecule has 1 heterocycles. The van der Waals surface area contributed by atoms with Crippen molar-refractivity contribution < 1.29 is 33.0 Å². The van der Waals surface area contributed by atoms with Crippen LogP contribution in [0.25, 0.3) is 0 Å². The zero-order valence-electron chi connectivity index (χ0n) is 24.9. The van der Waals surface area contributed by atoms with Crippen LogP contribution in [-0.4, -0.2) is 78.6 Å². The number of hydrogen-bond donors (Lipinski definition) is 1. The van der Waals surface area contributed by atoms with Gasteiger partial charge in [0.1, 0.15) is 24.9 Å². The van der Waals surface area contributed by atoms with Gasteiger partial charge in [0.2, 0.25) is 0 Å². The quantitative estimate of drug-likeness (QED) is 0.292. The maximum atomic E-state index is 12.2. The Morgan fingerprint density at radius 1 is 0.914 bits per heavy atom. The van der Waals surface area contributed by atoms with Gasteiger partial charge in [0.25, 0.3) is 0 Å². The largest absolute Gasteiger partial charge is 0.462 e. The summed E-state index contributed by atoms with van der Waals surface area (Å²) in [6.45, 7) is 28.1. The smallest absolute Gasteiger partial charge is 0.311 e. The lowest BCUT2D eigenvalue weighted by Gasteiger charge is -2.42. The van der Waals surface area contributed by atoms with Gasteiger partial charge < -0.3 is 28.2 Å². The van der Waals surface area contributed by atoms with E-state index < -0.39 is 46.5 Å². The van der Waals surface area contributed by atoms with Gasteiger partial charge in [-0.15, -0.1) is 0 Å². The molecule has 0 amide bonds. The third-order valence-corrected chi connectivity index (χ3v) is 16.9. The van der Waals surface area contributed by atoms with Crippen LogP contribution in [0.15, 0.2) is 0 Å². The third kappa shape index (κ3) is 8.90. The molecule has 5 atom stereocenters. The number of ether oxygens (including phenoxy) is 3. The molecule has 0 radical (unpaired) electrons. The van der Waals surface area contributed by atoms with E-state index in [2.05, 4.69) is 67.7 Å². The molecule has 0 aromatic heterocycles. The minimum Gasteiger partial charge on any atom is -0.462 e. The minimum atomic E-state index is -2.09. The van der Waals surface area contributed by atoms with Crippen molar-refractivity contribution in [3.8, 4) is 0 Å². The molecule has 1 aliphatic rings. The number of carbonyl (C=O) groups excluding carboxylic acids is 1. The van der Waals surface area contributed by atoms with Crippen molar-refractivity contribution in [3.63, 3.8) is 0 Å². The number of esters is 1. The van der Waals surface area contributed by atoms with Crippen molar-refractivity contribution in [1.29, 1.82) is 0 Å². The van der Waals surface area contributed by atoms with E-state index in [9.17, 15) is 9.90 Å². The number of aliphatic hydroxyl groups excluding tert-OH is 1. The van der Waals surface area contributed by atoms with E-state index in [4.69, 9.17) is 23.1 Å². The molecular formula is C26H54O7Si2. The van der Waals surface area contributed by atoms with Crippen molar-refractivity contribution in [3.05, 3.63) is 0 Å². The topological polar surface area (TPSA) is 83.5 Å². The van der Waals surface area contributed by atoms with Crippen molar-refractivity contribution in [1.82, 2.24) is 0 Å². The number of hydrogen-bond acceptors (Lipinski definition) is 7. The van der Waals surface area contributed by atoms with Crippen LogP contribution in [-0.2, 0) is 27.9 Å². The fourth-order valence-corrected chi connectivity index (χ4v) is 5.71. The van der Waals surface area contributed by atoms with Crippen LogP contribution in [0.2, 0.25) is 36.3 Å². The van der Waals surface area contributed by atoms with Crippen molar-refractivity contribution in [2.75, 3.05) is 20.3 Å². The first-order valence-corrected chi connectivity index (χ1v) is 18.7. The summed E-state index contributed by atoms with van der Waals surface area (Å²) in [6, 6.07) is 0. The highest BCUT2D eigenvalue weighted by atomic mass is 28.4. The Morgan fingerprint density at radius 2 is 1.43 bits per heavy atom. The first-order valence-electron chi connectivity index (χ1n) is 12.9. The van der Waals surface area contributed by atoms with Gasteiger partial charge in [-0.05, 0) is 57.0 Å². The van der Waals surface area contributed by atoms with Crippen LogP contribution < -0.4 is 0 Å². The molecule has 1 aliphatic heterocycles. The highest BCUT2D eigenvalue weighted by molar-refractivity contribution is 6.74. The molecule has 0 spiro atoms. The molecule has 35 heavy (non-hydrogen) atoms. The summed E-state index contributed by atoms with van der Waals surface area (Å²) in [5.74, 6) is -0.326. The van der Waals surface area contributed by atoms with Crippen LogP contribution in [0.3, 0.4) is 0 Å². The monoisotopic (exact) mass is 534 g/mol. The predicted molar refractivity (Wildman–Crippen MR) is 146 cm³/mol. The number of aliphatic hydroxyl groups is 1. The lowest BCUT2D eigenvalue weighted by atomic mass is 9.97. The summed E-state index contributed by atoms with van der Waals surface area (Å²) in [4.78, 5) is 12.2. The van der Waals surface area contributed by atoms with Gasteiger partial charge in [0, 0.05) is 13.5 Å². The van der Waals surface area contributed by atoms with Crippen LogP contribution in [0.1, 0.15) is 68.7 Å². The summed E-state index contributed by atoms with van der Waals surface area (Å²) in [5, 5.41) is 11.0. The van der Waals surface area contributed by atoms with E-state index in [1.54, 1.807) is 27.9 Å². The van der Waals surface area contributed by atoms with Crippen molar-refractivity contribution in [2.24, 2.45) is 5.41 Å². The van der Waals surface area contributed by atoms with Crippen LogP contribution >= 0.6 is 0 Å². The molecule has 1 rings (SSSR count). The highest BCUT2D eigenvalue weighted by Crippen LogP contribution is 2.40. The molecule has 1 saturated heterocycles. The van der Waals surface area contributed by atoms with Gasteiger partial charge in [-0.2, -0.15) is 0 Å². The summed E-state index contributed by atoms with van der Waals surface area (Å²) < 4.78 is 30.7. The molecule has 0 aromatic rings. The Hall–Kier alpha value is -0.296. The Morgan fingerprint density at radius 3 is 1.86 bits per heavy atom. The highest BCUT2D eigenvalue weighted by Gasteiger charge is 2.48.